The van der Waals surface area contributed by atoms with Crippen molar-refractivity contribution in [3.63, 3.8) is 0 Å². The van der Waals surface area contributed by atoms with Gasteiger partial charge in [-0.1, -0.05) is 36.4 Å². The van der Waals surface area contributed by atoms with E-state index in [2.05, 4.69) is 34.9 Å². The third kappa shape index (κ3) is 5.30. The summed E-state index contributed by atoms with van der Waals surface area (Å²) in [5.74, 6) is 0. The van der Waals surface area contributed by atoms with Gasteiger partial charge in [-0.15, -0.1) is 0 Å². The Labute approximate surface area is 126 Å². The van der Waals surface area contributed by atoms with E-state index in [0.29, 0.717) is 0 Å². The Morgan fingerprint density at radius 2 is 1.71 bits per heavy atom. The average Bonchev–Trinajstić information content (AvgIpc) is 3.17. The lowest BCUT2D eigenvalue weighted by atomic mass is 10.2. The van der Waals surface area contributed by atoms with Gasteiger partial charge in [0.05, 0.1) is 0 Å². The number of carbonyl (C=O) groups excluding carboxylic acids is 1. The topological polar surface area (TPSA) is 41.1 Å². The van der Waals surface area contributed by atoms with Crippen LogP contribution in [0.15, 0.2) is 48.5 Å². The van der Waals surface area contributed by atoms with Crippen molar-refractivity contribution in [2.45, 2.75) is 33.2 Å². The molecule has 3 nitrogen and oxygen atoms in total. The first-order valence-electron chi connectivity index (χ1n) is 7.25. The molecule has 110 valence electrons. The van der Waals surface area contributed by atoms with E-state index in [9.17, 15) is 4.79 Å². The summed E-state index contributed by atoms with van der Waals surface area (Å²) in [5.41, 5.74) is 5.01. The third-order valence-corrected chi connectivity index (χ3v) is 3.07. The number of carbonyl (C=O) groups is 1. The van der Waals surface area contributed by atoms with Crippen LogP contribution in [-0.2, 0) is 6.42 Å². The maximum Gasteiger partial charge on any atom is 0.319 e. The molecule has 2 N–H and O–H groups in total. The Hall–Kier alpha value is -2.29. The molecule has 1 aliphatic rings. The number of aryl methyl sites for hydroxylation is 1. The first kappa shape index (κ1) is 15.1. The number of amides is 2. The van der Waals surface area contributed by atoms with Crippen molar-refractivity contribution in [3.05, 3.63) is 65.2 Å². The number of hydrogen-bond donors (Lipinski definition) is 2. The zero-order valence-electron chi connectivity index (χ0n) is 12.8. The number of benzene rings is 2. The molecule has 0 bridgehead atoms. The van der Waals surface area contributed by atoms with Gasteiger partial charge in [-0.25, -0.2) is 4.79 Å². The number of fused-ring (bicyclic) bond motifs is 1. The third-order valence-electron chi connectivity index (χ3n) is 3.07. The summed E-state index contributed by atoms with van der Waals surface area (Å²) in [5, 5.41) is 5.52. The smallest absolute Gasteiger partial charge is 0.319 e. The summed E-state index contributed by atoms with van der Waals surface area (Å²) >= 11 is 0. The first-order chi connectivity index (χ1) is 10.0. The summed E-state index contributed by atoms with van der Waals surface area (Å²) in [7, 11) is 0. The first-order valence-corrected chi connectivity index (χ1v) is 7.25. The lowest BCUT2D eigenvalue weighted by Crippen LogP contribution is -2.34. The van der Waals surface area contributed by atoms with Gasteiger partial charge in [0.15, 0.2) is 0 Å². The van der Waals surface area contributed by atoms with Crippen LogP contribution in [0.5, 0.6) is 0 Å². The van der Waals surface area contributed by atoms with E-state index in [0.717, 1.165) is 11.3 Å². The van der Waals surface area contributed by atoms with E-state index >= 15 is 0 Å². The SMILES string of the molecule is Cc1cccc(NC(=O)NC(C)C)c1.c1ccc2c(c1)C2. The Balaban J connectivity index is 0.000000189. The summed E-state index contributed by atoms with van der Waals surface area (Å²) in [6.45, 7) is 5.84. The van der Waals surface area contributed by atoms with Crippen LogP contribution in [0.1, 0.15) is 30.5 Å². The zero-order valence-corrected chi connectivity index (χ0v) is 12.8. The molecule has 0 fully saturated rings. The van der Waals surface area contributed by atoms with Crippen LogP contribution in [0.2, 0.25) is 0 Å². The van der Waals surface area contributed by atoms with E-state index in [4.69, 9.17) is 0 Å². The molecule has 0 aliphatic heterocycles. The minimum absolute atomic E-state index is 0.153. The minimum atomic E-state index is -0.161. The molecule has 0 spiro atoms. The largest absolute Gasteiger partial charge is 0.336 e. The van der Waals surface area contributed by atoms with Crippen LogP contribution in [0.3, 0.4) is 0 Å². The fraction of sp³-hybridized carbons (Fsp3) is 0.278. The van der Waals surface area contributed by atoms with Crippen molar-refractivity contribution in [2.75, 3.05) is 5.32 Å². The lowest BCUT2D eigenvalue weighted by molar-refractivity contribution is 0.250. The normalized spacial score (nSPS) is 11.0. The molecular weight excluding hydrogens is 260 g/mol. The van der Waals surface area contributed by atoms with Gasteiger partial charge in [0.2, 0.25) is 0 Å². The highest BCUT2D eigenvalue weighted by atomic mass is 16.2. The molecule has 21 heavy (non-hydrogen) atoms. The van der Waals surface area contributed by atoms with Crippen molar-refractivity contribution in [1.29, 1.82) is 0 Å². The number of hydrogen-bond acceptors (Lipinski definition) is 1. The van der Waals surface area contributed by atoms with Crippen LogP contribution in [0.4, 0.5) is 10.5 Å². The molecule has 0 heterocycles. The molecule has 2 aromatic carbocycles. The molecule has 0 unspecified atom stereocenters. The second-order valence-electron chi connectivity index (χ2n) is 5.57. The molecule has 2 aromatic rings. The average molecular weight is 282 g/mol. The Kier molecular flexibility index (Phi) is 4.99. The Morgan fingerprint density at radius 1 is 1.05 bits per heavy atom. The van der Waals surface area contributed by atoms with E-state index in [1.54, 1.807) is 0 Å². The molecule has 1 aliphatic carbocycles. The second-order valence-corrected chi connectivity index (χ2v) is 5.57. The summed E-state index contributed by atoms with van der Waals surface area (Å²) in [6.07, 6.45) is 1.24. The van der Waals surface area contributed by atoms with Gasteiger partial charge in [0.25, 0.3) is 0 Å². The van der Waals surface area contributed by atoms with Gasteiger partial charge in [-0.05, 0) is 56.0 Å². The van der Waals surface area contributed by atoms with Gasteiger partial charge in [0, 0.05) is 11.7 Å². The molecule has 0 atom stereocenters. The standard InChI is InChI=1S/C11H16N2O.C7H6/c1-8(2)12-11(14)13-10-6-4-5-9(3)7-10;1-2-4-7-5-6(7)3-1/h4-8H,1-3H3,(H2,12,13,14);1-4H,5H2. The summed E-state index contributed by atoms with van der Waals surface area (Å²) in [4.78, 5) is 11.3. The fourth-order valence-electron chi connectivity index (χ4n) is 1.99. The van der Waals surface area contributed by atoms with Gasteiger partial charge >= 0.3 is 6.03 Å². The zero-order chi connectivity index (χ0) is 15.2. The van der Waals surface area contributed by atoms with E-state index < -0.39 is 0 Å². The molecule has 0 radical (unpaired) electrons. The Bertz CT molecular complexity index is 599. The van der Waals surface area contributed by atoms with Crippen LogP contribution in [-0.4, -0.2) is 12.1 Å². The number of rotatable bonds is 2. The van der Waals surface area contributed by atoms with Gasteiger partial charge in [-0.3, -0.25) is 0 Å². The minimum Gasteiger partial charge on any atom is -0.336 e. The molecule has 2 amide bonds. The van der Waals surface area contributed by atoms with Crippen molar-refractivity contribution >= 4 is 11.7 Å². The highest BCUT2D eigenvalue weighted by Crippen LogP contribution is 2.25. The quantitative estimate of drug-likeness (QED) is 0.729. The van der Waals surface area contributed by atoms with Crippen molar-refractivity contribution in [3.8, 4) is 0 Å². The van der Waals surface area contributed by atoms with Crippen LogP contribution in [0, 0.1) is 6.92 Å². The molecule has 0 saturated carbocycles. The van der Waals surface area contributed by atoms with Crippen molar-refractivity contribution in [2.24, 2.45) is 0 Å². The maximum atomic E-state index is 11.3. The van der Waals surface area contributed by atoms with Crippen molar-refractivity contribution in [1.82, 2.24) is 5.32 Å². The monoisotopic (exact) mass is 282 g/mol. The summed E-state index contributed by atoms with van der Waals surface area (Å²) in [6, 6.07) is 16.2. The van der Waals surface area contributed by atoms with Gasteiger partial charge < -0.3 is 10.6 Å². The van der Waals surface area contributed by atoms with Gasteiger partial charge in [-0.2, -0.15) is 0 Å². The van der Waals surface area contributed by atoms with Crippen LogP contribution < -0.4 is 10.6 Å². The maximum absolute atomic E-state index is 11.3. The van der Waals surface area contributed by atoms with E-state index in [1.165, 1.54) is 17.5 Å². The number of anilines is 1. The number of nitrogens with one attached hydrogen (secondary N) is 2. The van der Waals surface area contributed by atoms with Crippen molar-refractivity contribution < 1.29 is 4.79 Å². The highest BCUT2D eigenvalue weighted by molar-refractivity contribution is 5.89. The molecule has 0 aromatic heterocycles. The van der Waals surface area contributed by atoms with E-state index in [-0.39, 0.29) is 12.1 Å². The Morgan fingerprint density at radius 3 is 2.24 bits per heavy atom. The summed E-state index contributed by atoms with van der Waals surface area (Å²) < 4.78 is 0. The van der Waals surface area contributed by atoms with E-state index in [1.807, 2.05) is 45.0 Å². The molecule has 0 saturated heterocycles. The van der Waals surface area contributed by atoms with Crippen LogP contribution >= 0.6 is 0 Å². The van der Waals surface area contributed by atoms with Crippen LogP contribution in [0.25, 0.3) is 0 Å². The second kappa shape index (κ2) is 6.93. The molecule has 3 heteroatoms. The number of urea groups is 1. The predicted molar refractivity (Wildman–Crippen MR) is 87.7 cm³/mol. The van der Waals surface area contributed by atoms with Gasteiger partial charge in [0.1, 0.15) is 0 Å². The fourth-order valence-corrected chi connectivity index (χ4v) is 1.99. The predicted octanol–water partition coefficient (Wildman–Crippen LogP) is 4.12. The molecule has 3 rings (SSSR count). The lowest BCUT2D eigenvalue weighted by Gasteiger charge is -2.10. The molecular formula is C18H22N2O. The highest BCUT2D eigenvalue weighted by Gasteiger charge is 2.12.